The van der Waals surface area contributed by atoms with Gasteiger partial charge in [-0.15, -0.1) is 0 Å². The van der Waals surface area contributed by atoms with Crippen molar-refractivity contribution in [3.8, 4) is 0 Å². The summed E-state index contributed by atoms with van der Waals surface area (Å²) in [6.07, 6.45) is 5.64. The number of aryl methyl sites for hydroxylation is 1. The standard InChI is InChI=1S/C13H17FN4/c1-9-6-18(7-10-2-4-15-5-3-10)13-11(9)12(14)16-8-17-13/h6,8,10,15H,2-5,7H2,1H3. The van der Waals surface area contributed by atoms with Crippen molar-refractivity contribution in [1.82, 2.24) is 19.9 Å². The molecule has 3 rings (SSSR count). The van der Waals surface area contributed by atoms with Gasteiger partial charge in [0.1, 0.15) is 12.0 Å². The van der Waals surface area contributed by atoms with Crippen molar-refractivity contribution in [3.63, 3.8) is 0 Å². The second kappa shape index (κ2) is 4.65. The summed E-state index contributed by atoms with van der Waals surface area (Å²) in [5.41, 5.74) is 1.63. The molecule has 0 radical (unpaired) electrons. The fourth-order valence-electron chi connectivity index (χ4n) is 2.75. The summed E-state index contributed by atoms with van der Waals surface area (Å²) in [5.74, 6) is 0.237. The van der Waals surface area contributed by atoms with Gasteiger partial charge in [-0.1, -0.05) is 0 Å². The number of fused-ring (bicyclic) bond motifs is 1. The van der Waals surface area contributed by atoms with Crippen molar-refractivity contribution in [3.05, 3.63) is 24.0 Å². The minimum absolute atomic E-state index is 0.415. The van der Waals surface area contributed by atoms with Gasteiger partial charge in [0.25, 0.3) is 0 Å². The molecule has 0 saturated carbocycles. The Morgan fingerprint density at radius 2 is 2.17 bits per heavy atom. The van der Waals surface area contributed by atoms with Crippen LogP contribution in [0.1, 0.15) is 18.4 Å². The Hall–Kier alpha value is -1.49. The van der Waals surface area contributed by atoms with E-state index in [2.05, 4.69) is 19.9 Å². The van der Waals surface area contributed by atoms with Crippen molar-refractivity contribution < 1.29 is 4.39 Å². The van der Waals surface area contributed by atoms with E-state index in [9.17, 15) is 4.39 Å². The van der Waals surface area contributed by atoms with E-state index in [0.717, 1.165) is 30.8 Å². The first-order chi connectivity index (χ1) is 8.75. The zero-order chi connectivity index (χ0) is 12.5. The Balaban J connectivity index is 1.94. The van der Waals surface area contributed by atoms with Gasteiger partial charge in [0.2, 0.25) is 5.95 Å². The predicted octanol–water partition coefficient (Wildman–Crippen LogP) is 1.88. The third kappa shape index (κ3) is 1.99. The number of halogens is 1. The van der Waals surface area contributed by atoms with Crippen LogP contribution in [0.3, 0.4) is 0 Å². The summed E-state index contributed by atoms with van der Waals surface area (Å²) in [6.45, 7) is 4.98. The fraction of sp³-hybridized carbons (Fsp3) is 0.538. The third-order valence-corrected chi connectivity index (χ3v) is 3.71. The van der Waals surface area contributed by atoms with E-state index in [0.29, 0.717) is 11.3 Å². The monoisotopic (exact) mass is 248 g/mol. The van der Waals surface area contributed by atoms with Crippen LogP contribution < -0.4 is 5.32 Å². The highest BCUT2D eigenvalue weighted by Gasteiger charge is 2.17. The lowest BCUT2D eigenvalue weighted by Gasteiger charge is -2.23. The van der Waals surface area contributed by atoms with Crippen LogP contribution in [0, 0.1) is 18.8 Å². The molecule has 0 atom stereocenters. The average Bonchev–Trinajstić information content (AvgIpc) is 2.69. The average molecular weight is 248 g/mol. The summed E-state index contributed by atoms with van der Waals surface area (Å²) >= 11 is 0. The summed E-state index contributed by atoms with van der Waals surface area (Å²) in [5, 5.41) is 3.92. The van der Waals surface area contributed by atoms with Crippen LogP contribution in [0.15, 0.2) is 12.5 Å². The molecular weight excluding hydrogens is 231 g/mol. The Morgan fingerprint density at radius 3 is 2.94 bits per heavy atom. The molecule has 18 heavy (non-hydrogen) atoms. The molecule has 3 heterocycles. The molecule has 1 N–H and O–H groups in total. The van der Waals surface area contributed by atoms with Crippen LogP contribution >= 0.6 is 0 Å². The van der Waals surface area contributed by atoms with Crippen molar-refractivity contribution >= 4 is 11.0 Å². The number of aromatic nitrogens is 3. The van der Waals surface area contributed by atoms with Gasteiger partial charge in [-0.25, -0.2) is 9.97 Å². The van der Waals surface area contributed by atoms with Crippen molar-refractivity contribution in [2.45, 2.75) is 26.3 Å². The van der Waals surface area contributed by atoms with Gasteiger partial charge in [0.05, 0.1) is 5.39 Å². The number of hydrogen-bond donors (Lipinski definition) is 1. The highest BCUT2D eigenvalue weighted by atomic mass is 19.1. The lowest BCUT2D eigenvalue weighted by Crippen LogP contribution is -2.29. The minimum atomic E-state index is -0.415. The smallest absolute Gasteiger partial charge is 0.225 e. The highest BCUT2D eigenvalue weighted by Crippen LogP contribution is 2.23. The molecule has 0 unspecified atom stereocenters. The Morgan fingerprint density at radius 1 is 1.39 bits per heavy atom. The maximum absolute atomic E-state index is 13.7. The number of rotatable bonds is 2. The molecule has 0 bridgehead atoms. The molecular formula is C13H17FN4. The van der Waals surface area contributed by atoms with Crippen molar-refractivity contribution in [2.24, 2.45) is 5.92 Å². The molecule has 1 aliphatic rings. The second-order valence-corrected chi connectivity index (χ2v) is 5.02. The molecule has 1 saturated heterocycles. The number of hydrogen-bond acceptors (Lipinski definition) is 3. The highest BCUT2D eigenvalue weighted by molar-refractivity contribution is 5.79. The van der Waals surface area contributed by atoms with Gasteiger partial charge >= 0.3 is 0 Å². The number of nitrogens with zero attached hydrogens (tertiary/aromatic N) is 3. The molecule has 2 aromatic heterocycles. The SMILES string of the molecule is Cc1cn(CC2CCNCC2)c2ncnc(F)c12. The lowest BCUT2D eigenvalue weighted by atomic mass is 9.98. The molecule has 96 valence electrons. The first-order valence-electron chi connectivity index (χ1n) is 6.42. The van der Waals surface area contributed by atoms with Crippen LogP contribution in [-0.2, 0) is 6.54 Å². The van der Waals surface area contributed by atoms with Gasteiger partial charge in [0.15, 0.2) is 0 Å². The third-order valence-electron chi connectivity index (χ3n) is 3.71. The fourth-order valence-corrected chi connectivity index (χ4v) is 2.75. The second-order valence-electron chi connectivity index (χ2n) is 5.02. The van der Waals surface area contributed by atoms with Gasteiger partial charge in [-0.2, -0.15) is 4.39 Å². The summed E-state index contributed by atoms with van der Waals surface area (Å²) in [6, 6.07) is 0. The first-order valence-corrected chi connectivity index (χ1v) is 6.42. The zero-order valence-electron chi connectivity index (χ0n) is 10.5. The molecule has 5 heteroatoms. The predicted molar refractivity (Wildman–Crippen MR) is 67.8 cm³/mol. The molecule has 2 aromatic rings. The van der Waals surface area contributed by atoms with Gasteiger partial charge in [-0.3, -0.25) is 0 Å². The van der Waals surface area contributed by atoms with E-state index in [4.69, 9.17) is 0 Å². The van der Waals surface area contributed by atoms with Crippen LogP contribution in [0.5, 0.6) is 0 Å². The normalized spacial score (nSPS) is 17.4. The summed E-state index contributed by atoms with van der Waals surface area (Å²) in [4.78, 5) is 7.85. The Labute approximate surface area is 105 Å². The van der Waals surface area contributed by atoms with Crippen LogP contribution in [0.25, 0.3) is 11.0 Å². The lowest BCUT2D eigenvalue weighted by molar-refractivity contribution is 0.336. The van der Waals surface area contributed by atoms with Crippen LogP contribution in [0.4, 0.5) is 4.39 Å². The number of nitrogens with one attached hydrogen (secondary N) is 1. The summed E-state index contributed by atoms with van der Waals surface area (Å²) in [7, 11) is 0. The van der Waals surface area contributed by atoms with Crippen molar-refractivity contribution in [2.75, 3.05) is 13.1 Å². The molecule has 0 amide bonds. The van der Waals surface area contributed by atoms with E-state index in [-0.39, 0.29) is 0 Å². The summed E-state index contributed by atoms with van der Waals surface area (Å²) < 4.78 is 15.7. The van der Waals surface area contributed by atoms with Crippen LogP contribution in [-0.4, -0.2) is 27.6 Å². The maximum Gasteiger partial charge on any atom is 0.225 e. The van der Waals surface area contributed by atoms with Gasteiger partial charge < -0.3 is 9.88 Å². The van der Waals surface area contributed by atoms with E-state index in [1.165, 1.54) is 19.2 Å². The largest absolute Gasteiger partial charge is 0.332 e. The number of piperidine rings is 1. The van der Waals surface area contributed by atoms with E-state index < -0.39 is 5.95 Å². The topological polar surface area (TPSA) is 42.7 Å². The van der Waals surface area contributed by atoms with E-state index in [1.54, 1.807) is 0 Å². The quantitative estimate of drug-likeness (QED) is 0.825. The van der Waals surface area contributed by atoms with Gasteiger partial charge in [-0.05, 0) is 44.3 Å². The minimum Gasteiger partial charge on any atom is -0.332 e. The first kappa shape index (κ1) is 11.6. The van der Waals surface area contributed by atoms with Gasteiger partial charge in [0, 0.05) is 12.7 Å². The Kier molecular flexibility index (Phi) is 2.99. The molecule has 0 spiro atoms. The van der Waals surface area contributed by atoms with E-state index >= 15 is 0 Å². The molecule has 1 aliphatic heterocycles. The van der Waals surface area contributed by atoms with Crippen LogP contribution in [0.2, 0.25) is 0 Å². The van der Waals surface area contributed by atoms with E-state index in [1.807, 2.05) is 13.1 Å². The molecule has 0 aromatic carbocycles. The molecule has 1 fully saturated rings. The van der Waals surface area contributed by atoms with Crippen molar-refractivity contribution in [1.29, 1.82) is 0 Å². The Bertz CT molecular complexity index is 557. The maximum atomic E-state index is 13.7. The molecule has 4 nitrogen and oxygen atoms in total. The zero-order valence-corrected chi connectivity index (χ0v) is 10.5. The molecule has 0 aliphatic carbocycles.